The van der Waals surface area contributed by atoms with E-state index in [0.717, 1.165) is 5.56 Å². The van der Waals surface area contributed by atoms with E-state index in [1.165, 1.54) is 10.8 Å². The molecule has 0 radical (unpaired) electrons. The van der Waals surface area contributed by atoms with Gasteiger partial charge in [0, 0.05) is 10.7 Å². The summed E-state index contributed by atoms with van der Waals surface area (Å²) in [5.74, 6) is -0.283. The first-order valence-corrected chi connectivity index (χ1v) is 7.43. The highest BCUT2D eigenvalue weighted by Gasteiger charge is 2.10. The summed E-state index contributed by atoms with van der Waals surface area (Å²) < 4.78 is 1.41. The number of carbonyl (C=O) groups is 1. The van der Waals surface area contributed by atoms with E-state index in [9.17, 15) is 9.59 Å². The molecular weight excluding hydrogens is 314 g/mol. The number of amides is 1. The van der Waals surface area contributed by atoms with Crippen LogP contribution in [0.4, 0.5) is 5.69 Å². The van der Waals surface area contributed by atoms with Crippen LogP contribution in [0.15, 0.2) is 53.5 Å². The minimum atomic E-state index is -0.313. The predicted molar refractivity (Wildman–Crippen MR) is 90.8 cm³/mol. The van der Waals surface area contributed by atoms with E-state index in [1.54, 1.807) is 36.4 Å². The van der Waals surface area contributed by atoms with Gasteiger partial charge < -0.3 is 5.32 Å². The number of halogens is 1. The summed E-state index contributed by atoms with van der Waals surface area (Å²) in [6, 6.07) is 12.4. The molecule has 23 heavy (non-hydrogen) atoms. The molecule has 0 saturated carbocycles. The molecule has 0 aliphatic heterocycles. The Morgan fingerprint density at radius 1 is 1.26 bits per heavy atom. The van der Waals surface area contributed by atoms with Gasteiger partial charge in [0.05, 0.1) is 17.2 Å². The summed E-state index contributed by atoms with van der Waals surface area (Å²) in [5, 5.41) is 3.41. The van der Waals surface area contributed by atoms with Crippen molar-refractivity contribution in [3.63, 3.8) is 0 Å². The topological polar surface area (TPSA) is 64.0 Å². The molecule has 2 aromatic carbocycles. The molecule has 6 heteroatoms. The third-order valence-corrected chi connectivity index (χ3v) is 3.75. The molecule has 0 aliphatic rings. The Hall–Kier alpha value is -2.66. The minimum Gasteiger partial charge on any atom is -0.324 e. The Morgan fingerprint density at radius 3 is 2.83 bits per heavy atom. The normalized spacial score (nSPS) is 10.7. The summed E-state index contributed by atoms with van der Waals surface area (Å²) in [6.07, 6.45) is 1.23. The zero-order valence-electron chi connectivity index (χ0n) is 12.4. The number of nitrogens with one attached hydrogen (secondary N) is 1. The van der Waals surface area contributed by atoms with Crippen LogP contribution in [0.25, 0.3) is 11.0 Å². The Balaban J connectivity index is 1.89. The maximum Gasteiger partial charge on any atom is 0.269 e. The standard InChI is InChI=1S/C17H14ClN3O2/c1-11-8-12(18)6-7-13(11)20-16(22)10-21-15-5-3-2-4-14(15)19-9-17(21)23/h2-9H,10H2,1H3,(H,20,22). The summed E-state index contributed by atoms with van der Waals surface area (Å²) >= 11 is 5.90. The number of para-hydroxylation sites is 2. The second-order valence-corrected chi connectivity index (χ2v) is 5.62. The number of hydrogen-bond acceptors (Lipinski definition) is 3. The number of hydrogen-bond donors (Lipinski definition) is 1. The fourth-order valence-corrected chi connectivity index (χ4v) is 2.61. The predicted octanol–water partition coefficient (Wildman–Crippen LogP) is 3.00. The van der Waals surface area contributed by atoms with Crippen LogP contribution in [0.5, 0.6) is 0 Å². The molecule has 1 aromatic heterocycles. The number of anilines is 1. The number of rotatable bonds is 3. The van der Waals surface area contributed by atoms with Crippen LogP contribution in [0.3, 0.4) is 0 Å². The van der Waals surface area contributed by atoms with Gasteiger partial charge in [-0.2, -0.15) is 0 Å². The number of aromatic nitrogens is 2. The highest BCUT2D eigenvalue weighted by Crippen LogP contribution is 2.19. The van der Waals surface area contributed by atoms with Crippen molar-refractivity contribution in [3.05, 3.63) is 69.6 Å². The lowest BCUT2D eigenvalue weighted by atomic mass is 10.2. The van der Waals surface area contributed by atoms with Crippen LogP contribution in [0.2, 0.25) is 5.02 Å². The van der Waals surface area contributed by atoms with Gasteiger partial charge in [0.2, 0.25) is 5.91 Å². The van der Waals surface area contributed by atoms with Crippen molar-refractivity contribution >= 4 is 34.2 Å². The first kappa shape index (κ1) is 15.2. The molecule has 0 bridgehead atoms. The number of aryl methyl sites for hydroxylation is 1. The van der Waals surface area contributed by atoms with Crippen LogP contribution >= 0.6 is 11.6 Å². The van der Waals surface area contributed by atoms with Gasteiger partial charge in [0.1, 0.15) is 6.54 Å². The van der Waals surface area contributed by atoms with E-state index >= 15 is 0 Å². The van der Waals surface area contributed by atoms with Gasteiger partial charge in [-0.25, -0.2) is 4.98 Å². The fraction of sp³-hybridized carbons (Fsp3) is 0.118. The van der Waals surface area contributed by atoms with E-state index in [0.29, 0.717) is 21.7 Å². The number of benzene rings is 2. The van der Waals surface area contributed by atoms with Crippen LogP contribution in [0, 0.1) is 6.92 Å². The summed E-state index contributed by atoms with van der Waals surface area (Å²) in [7, 11) is 0. The molecule has 3 rings (SSSR count). The van der Waals surface area contributed by atoms with Crippen molar-refractivity contribution in [1.29, 1.82) is 0 Å². The number of nitrogens with zero attached hydrogens (tertiary/aromatic N) is 2. The summed E-state index contributed by atoms with van der Waals surface area (Å²) in [5.41, 5.74) is 2.51. The lowest BCUT2D eigenvalue weighted by Gasteiger charge is -2.11. The lowest BCUT2D eigenvalue weighted by Crippen LogP contribution is -2.28. The van der Waals surface area contributed by atoms with Gasteiger partial charge in [-0.15, -0.1) is 0 Å². The zero-order valence-corrected chi connectivity index (χ0v) is 13.2. The molecule has 0 fully saturated rings. The molecule has 0 atom stereocenters. The second-order valence-electron chi connectivity index (χ2n) is 5.18. The Bertz CT molecular complexity index is 950. The molecule has 1 heterocycles. The highest BCUT2D eigenvalue weighted by atomic mass is 35.5. The minimum absolute atomic E-state index is 0.0794. The first-order chi connectivity index (χ1) is 11.0. The molecule has 1 N–H and O–H groups in total. The van der Waals surface area contributed by atoms with Gasteiger partial charge in [0.25, 0.3) is 5.56 Å². The van der Waals surface area contributed by atoms with Crippen LogP contribution < -0.4 is 10.9 Å². The van der Waals surface area contributed by atoms with Gasteiger partial charge in [-0.3, -0.25) is 14.2 Å². The van der Waals surface area contributed by atoms with Gasteiger partial charge in [-0.05, 0) is 42.8 Å². The van der Waals surface area contributed by atoms with Crippen molar-refractivity contribution in [2.45, 2.75) is 13.5 Å². The summed E-state index contributed by atoms with van der Waals surface area (Å²) in [4.78, 5) is 28.4. The van der Waals surface area contributed by atoms with Crippen LogP contribution in [-0.4, -0.2) is 15.5 Å². The monoisotopic (exact) mass is 327 g/mol. The molecule has 5 nitrogen and oxygen atoms in total. The lowest BCUT2D eigenvalue weighted by molar-refractivity contribution is -0.116. The molecule has 0 aliphatic carbocycles. The van der Waals surface area contributed by atoms with Crippen molar-refractivity contribution in [1.82, 2.24) is 9.55 Å². The first-order valence-electron chi connectivity index (χ1n) is 7.05. The third-order valence-electron chi connectivity index (χ3n) is 3.52. The summed E-state index contributed by atoms with van der Waals surface area (Å²) in [6.45, 7) is 1.78. The molecular formula is C17H14ClN3O2. The number of fused-ring (bicyclic) bond motifs is 1. The van der Waals surface area contributed by atoms with E-state index in [2.05, 4.69) is 10.3 Å². The average molecular weight is 328 g/mol. The van der Waals surface area contributed by atoms with Crippen molar-refractivity contribution in [2.24, 2.45) is 0 Å². The quantitative estimate of drug-likeness (QED) is 0.804. The van der Waals surface area contributed by atoms with Crippen molar-refractivity contribution in [2.75, 3.05) is 5.32 Å². The molecule has 116 valence electrons. The third kappa shape index (κ3) is 3.24. The Kier molecular flexibility index (Phi) is 4.12. The maximum atomic E-state index is 12.3. The maximum absolute atomic E-state index is 12.3. The van der Waals surface area contributed by atoms with Crippen molar-refractivity contribution < 1.29 is 4.79 Å². The fourth-order valence-electron chi connectivity index (χ4n) is 2.38. The molecule has 1 amide bonds. The molecule has 0 saturated heterocycles. The van der Waals surface area contributed by atoms with Crippen LogP contribution in [0.1, 0.15) is 5.56 Å². The van der Waals surface area contributed by atoms with E-state index < -0.39 is 0 Å². The molecule has 0 unspecified atom stereocenters. The van der Waals surface area contributed by atoms with E-state index in [1.807, 2.05) is 13.0 Å². The van der Waals surface area contributed by atoms with E-state index in [-0.39, 0.29) is 18.0 Å². The highest BCUT2D eigenvalue weighted by molar-refractivity contribution is 6.30. The van der Waals surface area contributed by atoms with Crippen molar-refractivity contribution in [3.8, 4) is 0 Å². The van der Waals surface area contributed by atoms with E-state index in [4.69, 9.17) is 11.6 Å². The SMILES string of the molecule is Cc1cc(Cl)ccc1NC(=O)Cn1c(=O)cnc2ccccc21. The van der Waals surface area contributed by atoms with Gasteiger partial charge in [-0.1, -0.05) is 23.7 Å². The largest absolute Gasteiger partial charge is 0.324 e. The van der Waals surface area contributed by atoms with Gasteiger partial charge >= 0.3 is 0 Å². The Morgan fingerprint density at radius 2 is 2.04 bits per heavy atom. The number of carbonyl (C=O) groups excluding carboxylic acids is 1. The molecule has 0 spiro atoms. The molecule has 3 aromatic rings. The van der Waals surface area contributed by atoms with Gasteiger partial charge in [0.15, 0.2) is 0 Å². The van der Waals surface area contributed by atoms with Crippen LogP contribution in [-0.2, 0) is 11.3 Å². The smallest absolute Gasteiger partial charge is 0.269 e. The Labute approximate surface area is 137 Å². The average Bonchev–Trinajstić information content (AvgIpc) is 2.53. The zero-order chi connectivity index (χ0) is 16.4. The second kappa shape index (κ2) is 6.22.